The van der Waals surface area contributed by atoms with Crippen LogP contribution in [0.5, 0.6) is 11.5 Å². The third-order valence-corrected chi connectivity index (χ3v) is 22.6. The molecule has 3 rings (SSSR count). The molecule has 2 aromatic carbocycles. The molecule has 0 radical (unpaired) electrons. The van der Waals surface area contributed by atoms with Crippen LogP contribution in [0.15, 0.2) is 48.5 Å². The van der Waals surface area contributed by atoms with E-state index in [2.05, 4.69) is 83.1 Å². The van der Waals surface area contributed by atoms with Crippen molar-refractivity contribution < 1.29 is 28.3 Å². The summed E-state index contributed by atoms with van der Waals surface area (Å²) in [5, 5.41) is 11.9. The molecule has 0 aliphatic carbocycles. The Morgan fingerprint density at radius 3 is 1.60 bits per heavy atom. The van der Waals surface area contributed by atoms with Crippen LogP contribution in [0.1, 0.15) is 107 Å². The minimum atomic E-state index is -2.36. The van der Waals surface area contributed by atoms with Gasteiger partial charge in [0.1, 0.15) is 18.1 Å². The lowest BCUT2D eigenvalue weighted by atomic mass is 9.95. The zero-order valence-corrected chi connectivity index (χ0v) is 33.2. The van der Waals surface area contributed by atoms with Crippen LogP contribution in [0.4, 0.5) is 4.79 Å². The molecule has 1 N–H and O–H groups in total. The van der Waals surface area contributed by atoms with Gasteiger partial charge in [0.15, 0.2) is 0 Å². The van der Waals surface area contributed by atoms with E-state index in [0.717, 1.165) is 5.56 Å². The summed E-state index contributed by atoms with van der Waals surface area (Å²) >= 11 is 0. The number of carbonyl (C=O) groups is 2. The predicted octanol–water partition coefficient (Wildman–Crippen LogP) is 10.1. The number of benzene rings is 2. The van der Waals surface area contributed by atoms with Gasteiger partial charge in [-0.3, -0.25) is 4.79 Å². The minimum Gasteiger partial charge on any atom is -0.543 e. The molecule has 0 aromatic heterocycles. The number of rotatable bonds is 15. The van der Waals surface area contributed by atoms with Gasteiger partial charge in [-0.15, -0.1) is 0 Å². The van der Waals surface area contributed by atoms with Crippen LogP contribution in [-0.2, 0) is 16.0 Å². The molecule has 2 aromatic rings. The topological polar surface area (TPSA) is 85.3 Å². The van der Waals surface area contributed by atoms with Crippen LogP contribution in [0, 0.1) is 5.92 Å². The molecule has 2 amide bonds. The smallest absolute Gasteiger partial charge is 0.416 e. The van der Waals surface area contributed by atoms with Gasteiger partial charge in [-0.25, -0.2) is 9.69 Å². The summed E-state index contributed by atoms with van der Waals surface area (Å²) in [5.74, 6) is -0.0341. The van der Waals surface area contributed by atoms with Crippen LogP contribution in [0.2, 0.25) is 33.2 Å². The van der Waals surface area contributed by atoms with Crippen molar-refractivity contribution in [3.8, 4) is 11.5 Å². The van der Waals surface area contributed by atoms with Crippen LogP contribution >= 0.6 is 0 Å². The number of amides is 2. The average Bonchev–Trinajstić information content (AvgIpc) is 3.35. The molecule has 3 atom stereocenters. The molecule has 0 unspecified atom stereocenters. The highest BCUT2D eigenvalue weighted by Gasteiger charge is 2.49. The highest BCUT2D eigenvalue weighted by atomic mass is 28.4. The Hall–Kier alpha value is -2.63. The largest absolute Gasteiger partial charge is 0.543 e. The third kappa shape index (κ3) is 7.99. The summed E-state index contributed by atoms with van der Waals surface area (Å²) in [4.78, 5) is 28.0. The van der Waals surface area contributed by atoms with E-state index in [1.807, 2.05) is 48.5 Å². The van der Waals surface area contributed by atoms with Crippen LogP contribution < -0.4 is 8.85 Å². The minimum absolute atomic E-state index is 0.127. The molecule has 262 valence electrons. The fourth-order valence-electron chi connectivity index (χ4n) is 8.41. The lowest BCUT2D eigenvalue weighted by Crippen LogP contribution is -2.51. The molecule has 7 nitrogen and oxygen atoms in total. The summed E-state index contributed by atoms with van der Waals surface area (Å²) in [6.45, 7) is 28.8. The molecular formula is C38H61NO6Si2. The van der Waals surface area contributed by atoms with Crippen molar-refractivity contribution in [2.24, 2.45) is 5.92 Å². The van der Waals surface area contributed by atoms with E-state index in [4.69, 9.17) is 13.6 Å². The molecular weight excluding hydrogens is 623 g/mol. The quantitative estimate of drug-likeness (QED) is 0.188. The van der Waals surface area contributed by atoms with Gasteiger partial charge in [0.2, 0.25) is 5.91 Å². The van der Waals surface area contributed by atoms with Gasteiger partial charge in [0.25, 0.3) is 16.6 Å². The van der Waals surface area contributed by atoms with Crippen LogP contribution in [-0.4, -0.2) is 51.3 Å². The number of aliphatic hydroxyl groups is 1. The summed E-state index contributed by atoms with van der Waals surface area (Å²) < 4.78 is 19.6. The van der Waals surface area contributed by atoms with Gasteiger partial charge in [-0.05, 0) is 62.9 Å². The molecule has 1 heterocycles. The normalized spacial score (nSPS) is 17.3. The van der Waals surface area contributed by atoms with Gasteiger partial charge in [-0.2, -0.15) is 0 Å². The van der Waals surface area contributed by atoms with Crippen molar-refractivity contribution in [3.05, 3.63) is 59.7 Å². The Balaban J connectivity index is 2.09. The maximum absolute atomic E-state index is 14.0. The van der Waals surface area contributed by atoms with Gasteiger partial charge in [0, 0.05) is 6.07 Å². The number of hydrogen-bond acceptors (Lipinski definition) is 6. The van der Waals surface area contributed by atoms with E-state index < -0.39 is 46.7 Å². The van der Waals surface area contributed by atoms with Gasteiger partial charge in [-0.1, -0.05) is 120 Å². The second kappa shape index (κ2) is 15.7. The van der Waals surface area contributed by atoms with Crippen molar-refractivity contribution in [1.82, 2.24) is 4.90 Å². The number of carbonyl (C=O) groups excluding carboxylic acids is 2. The average molecular weight is 684 g/mol. The maximum atomic E-state index is 14.0. The molecule has 0 spiro atoms. The van der Waals surface area contributed by atoms with E-state index in [9.17, 15) is 14.7 Å². The molecule has 0 saturated carbocycles. The van der Waals surface area contributed by atoms with Crippen molar-refractivity contribution >= 4 is 28.6 Å². The van der Waals surface area contributed by atoms with Crippen molar-refractivity contribution in [3.63, 3.8) is 0 Å². The molecule has 0 bridgehead atoms. The number of imide groups is 1. The molecule has 1 aliphatic heterocycles. The Kier molecular flexibility index (Phi) is 13.0. The zero-order valence-electron chi connectivity index (χ0n) is 31.2. The third-order valence-electron chi connectivity index (χ3n) is 10.6. The van der Waals surface area contributed by atoms with Crippen LogP contribution in [0.3, 0.4) is 0 Å². The van der Waals surface area contributed by atoms with Crippen molar-refractivity contribution in [1.29, 1.82) is 0 Å². The SMILES string of the molecule is CC(C)[Si](Oc1cc(O[Si](C(C)C)(C(C)C)C(C)C)cc([C@@H](O)[C@H](C)C(=O)N2C(=O)OC[C@@H]2Cc2ccccc2)c1)(C(C)C)C(C)C. The number of ether oxygens (including phenoxy) is 1. The van der Waals surface area contributed by atoms with Crippen LogP contribution in [0.25, 0.3) is 0 Å². The lowest BCUT2D eigenvalue weighted by molar-refractivity contribution is -0.136. The van der Waals surface area contributed by atoms with E-state index in [0.29, 0.717) is 56.7 Å². The summed E-state index contributed by atoms with van der Waals surface area (Å²) in [7, 11) is -4.72. The Morgan fingerprint density at radius 2 is 1.19 bits per heavy atom. The van der Waals surface area contributed by atoms with E-state index in [1.54, 1.807) is 6.92 Å². The molecule has 1 aliphatic rings. The Bertz CT molecular complexity index is 1250. The van der Waals surface area contributed by atoms with Gasteiger partial charge >= 0.3 is 6.09 Å². The Labute approximate surface area is 286 Å². The first-order chi connectivity index (χ1) is 21.9. The molecule has 9 heteroatoms. The molecule has 1 saturated heterocycles. The number of hydrogen-bond donors (Lipinski definition) is 1. The fraction of sp³-hybridized carbons (Fsp3) is 0.632. The van der Waals surface area contributed by atoms with Gasteiger partial charge < -0.3 is 18.7 Å². The van der Waals surface area contributed by atoms with Crippen molar-refractivity contribution in [2.45, 2.75) is 142 Å². The number of cyclic esters (lactones) is 1. The number of nitrogens with zero attached hydrogens (tertiary/aromatic N) is 1. The highest BCUT2D eigenvalue weighted by Crippen LogP contribution is 2.46. The highest BCUT2D eigenvalue weighted by molar-refractivity contribution is 6.78. The first-order valence-electron chi connectivity index (χ1n) is 17.6. The monoisotopic (exact) mass is 683 g/mol. The van der Waals surface area contributed by atoms with E-state index in [1.165, 1.54) is 4.90 Å². The fourth-order valence-corrected chi connectivity index (χ4v) is 18.9. The summed E-state index contributed by atoms with van der Waals surface area (Å²) in [5.41, 5.74) is 3.63. The zero-order chi connectivity index (χ0) is 35.4. The number of aliphatic hydroxyl groups excluding tert-OH is 1. The first kappa shape index (κ1) is 38.8. The second-order valence-corrected chi connectivity index (χ2v) is 26.2. The van der Waals surface area contributed by atoms with E-state index >= 15 is 0 Å². The Morgan fingerprint density at radius 1 is 0.766 bits per heavy atom. The van der Waals surface area contributed by atoms with Crippen molar-refractivity contribution in [2.75, 3.05) is 6.61 Å². The maximum Gasteiger partial charge on any atom is 0.416 e. The van der Waals surface area contributed by atoms with Gasteiger partial charge in [0.05, 0.1) is 18.1 Å². The molecule has 47 heavy (non-hydrogen) atoms. The lowest BCUT2D eigenvalue weighted by Gasteiger charge is -2.43. The summed E-state index contributed by atoms with van der Waals surface area (Å²) in [6.07, 6.45) is -1.37. The predicted molar refractivity (Wildman–Crippen MR) is 196 cm³/mol. The summed E-state index contributed by atoms with van der Waals surface area (Å²) in [6, 6.07) is 15.1. The standard InChI is InChI=1S/C38H61NO6Si2/c1-24(2)46(25(3)4,26(5)6)44-34-20-32(21-35(22-34)45-47(27(7)8,28(9)10)29(11)12)36(40)30(13)37(41)39-33(23-43-38(39)42)19-31-17-15-14-16-18-31/h14-18,20-22,24-30,33,36,40H,19,23H2,1-13H3/t30-,33-,36-/m0/s1. The second-order valence-electron chi connectivity index (χ2n) is 15.4. The van der Waals surface area contributed by atoms with E-state index in [-0.39, 0.29) is 6.61 Å². The first-order valence-corrected chi connectivity index (χ1v) is 21.9. The molecule has 1 fully saturated rings.